The topological polar surface area (TPSA) is 50.9 Å². The Bertz CT molecular complexity index is 3170. The second kappa shape index (κ2) is 18.5. The van der Waals surface area contributed by atoms with Crippen LogP contribution in [-0.4, -0.2) is 19.6 Å². The summed E-state index contributed by atoms with van der Waals surface area (Å²) >= 11 is 0. The molecule has 2 aromatic heterocycles. The Kier molecular flexibility index (Phi) is 12.9. The average Bonchev–Trinajstić information content (AvgIpc) is 3.69. The molecule has 0 aliphatic heterocycles. The van der Waals surface area contributed by atoms with Crippen LogP contribution < -0.4 is 0 Å². The average molecular weight is 1040 g/mol. The molecule has 2 heterocycles. The van der Waals surface area contributed by atoms with E-state index in [-0.39, 0.29) is 37.6 Å². The van der Waals surface area contributed by atoms with Crippen molar-refractivity contribution in [2.75, 3.05) is 0 Å². The molecule has 0 aliphatic carbocycles. The fourth-order valence-corrected chi connectivity index (χ4v) is 8.88. The first-order chi connectivity index (χ1) is 31.1. The Labute approximate surface area is 405 Å². The van der Waals surface area contributed by atoms with Crippen molar-refractivity contribution in [3.63, 3.8) is 0 Å². The summed E-state index contributed by atoms with van der Waals surface area (Å²) in [6.45, 7) is 19.9. The minimum atomic E-state index is -0.166. The molecule has 0 amide bonds. The van der Waals surface area contributed by atoms with Crippen molar-refractivity contribution in [1.29, 1.82) is 0 Å². The molecule has 5 heteroatoms. The van der Waals surface area contributed by atoms with E-state index in [2.05, 4.69) is 218 Å². The summed E-state index contributed by atoms with van der Waals surface area (Å²) < 4.78 is 2.27. The van der Waals surface area contributed by atoms with E-state index in [1.54, 1.807) is 0 Å². The predicted octanol–water partition coefficient (Wildman–Crippen LogP) is 16.0. The maximum atomic E-state index is 12.0. The van der Waals surface area contributed by atoms with Gasteiger partial charge in [-0.25, -0.2) is 4.98 Å². The van der Waals surface area contributed by atoms with E-state index in [0.29, 0.717) is 17.3 Å². The molecular formula is C61H58N3OPt-. The summed E-state index contributed by atoms with van der Waals surface area (Å²) in [6, 6.07) is 60.0. The van der Waals surface area contributed by atoms with E-state index >= 15 is 0 Å². The molecule has 334 valence electrons. The zero-order chi connectivity index (χ0) is 45.6. The fourth-order valence-electron chi connectivity index (χ4n) is 8.88. The second-order valence-corrected chi connectivity index (χ2v) is 20.0. The molecule has 0 saturated carbocycles. The van der Waals surface area contributed by atoms with Gasteiger partial charge in [-0.1, -0.05) is 182 Å². The molecule has 0 unspecified atom stereocenters. The van der Waals surface area contributed by atoms with Crippen LogP contribution >= 0.6 is 0 Å². The molecule has 9 aromatic rings. The number of phenolic OH excluding ortho intramolecular Hbond substituents is 1. The van der Waals surface area contributed by atoms with Gasteiger partial charge < -0.3 is 5.11 Å². The number of para-hydroxylation sites is 1. The standard InChI is InChI=1S/C61H58N3O.Pt/c1-39(2)31-41-23-28-55(52(33-41)45-19-14-11-15-20-45)64-56-22-16-21-51(57(56)63-59(64)53-38-49(60(4,5)6)32-40(3)58(53)65)47-34-48(36-50(35-47)61(7,8)9)54-37-46(29-30-62-54)44-26-24-43(25-27-44)42-17-12-10-13-18-42;/h10-30,32-33,35-39,65H,31H2,1-9H3;/q-1;. The number of hydrogen-bond donors (Lipinski definition) is 1. The van der Waals surface area contributed by atoms with E-state index in [1.807, 2.05) is 19.2 Å². The van der Waals surface area contributed by atoms with Gasteiger partial charge in [0.15, 0.2) is 0 Å². The Morgan fingerprint density at radius 2 is 1.18 bits per heavy atom. The molecule has 0 aliphatic rings. The first kappa shape index (κ1) is 46.2. The fraction of sp³-hybridized carbons (Fsp3) is 0.213. The zero-order valence-corrected chi connectivity index (χ0v) is 41.8. The van der Waals surface area contributed by atoms with E-state index in [9.17, 15) is 5.11 Å². The quantitative estimate of drug-likeness (QED) is 0.147. The van der Waals surface area contributed by atoms with Crippen LogP contribution in [-0.2, 0) is 38.3 Å². The number of rotatable bonds is 9. The first-order valence-electron chi connectivity index (χ1n) is 22.9. The third-order valence-corrected chi connectivity index (χ3v) is 12.5. The largest absolute Gasteiger partial charge is 0.507 e. The monoisotopic (exact) mass is 1040 g/mol. The number of imidazole rings is 1. The number of aromatic nitrogens is 3. The van der Waals surface area contributed by atoms with Crippen molar-refractivity contribution in [2.24, 2.45) is 5.92 Å². The molecule has 1 N–H and O–H groups in total. The van der Waals surface area contributed by atoms with Crippen LogP contribution in [0.4, 0.5) is 0 Å². The molecule has 9 rings (SSSR count). The van der Waals surface area contributed by atoms with Crippen LogP contribution in [0.25, 0.3) is 83.9 Å². The minimum Gasteiger partial charge on any atom is -0.507 e. The van der Waals surface area contributed by atoms with Crippen LogP contribution in [0.3, 0.4) is 0 Å². The Morgan fingerprint density at radius 3 is 1.83 bits per heavy atom. The number of aryl methyl sites for hydroxylation is 1. The summed E-state index contributed by atoms with van der Waals surface area (Å²) in [5.41, 5.74) is 18.1. The maximum Gasteiger partial charge on any atom is 0.148 e. The molecule has 0 bridgehead atoms. The summed E-state index contributed by atoms with van der Waals surface area (Å²) in [7, 11) is 0. The number of hydrogen-bond acceptors (Lipinski definition) is 3. The number of fused-ring (bicyclic) bond motifs is 1. The molecule has 0 spiro atoms. The van der Waals surface area contributed by atoms with Gasteiger partial charge in [0.25, 0.3) is 0 Å². The summed E-state index contributed by atoms with van der Waals surface area (Å²) in [5, 5.41) is 12.0. The molecule has 7 aromatic carbocycles. The summed E-state index contributed by atoms with van der Waals surface area (Å²) in [6.07, 6.45) is 2.87. The van der Waals surface area contributed by atoms with Gasteiger partial charge in [-0.2, -0.15) is 0 Å². The minimum absolute atomic E-state index is 0. The molecule has 66 heavy (non-hydrogen) atoms. The smallest absolute Gasteiger partial charge is 0.148 e. The Morgan fingerprint density at radius 1 is 0.576 bits per heavy atom. The van der Waals surface area contributed by atoms with E-state index < -0.39 is 0 Å². The van der Waals surface area contributed by atoms with E-state index in [4.69, 9.17) is 9.97 Å². The third kappa shape index (κ3) is 9.35. The van der Waals surface area contributed by atoms with E-state index in [1.165, 1.54) is 22.3 Å². The van der Waals surface area contributed by atoms with Crippen molar-refractivity contribution in [3.8, 4) is 78.6 Å². The molecule has 0 radical (unpaired) electrons. The molecular weight excluding hydrogens is 986 g/mol. The van der Waals surface area contributed by atoms with E-state index in [0.717, 1.165) is 78.9 Å². The molecule has 0 atom stereocenters. The van der Waals surface area contributed by atoms with Gasteiger partial charge in [0, 0.05) is 38.5 Å². The number of aromatic hydroxyl groups is 1. The Hall–Kier alpha value is -6.35. The van der Waals surface area contributed by atoms with Gasteiger partial charge in [-0.3, -0.25) is 9.55 Å². The summed E-state index contributed by atoms with van der Waals surface area (Å²) in [4.78, 5) is 10.6. The maximum absolute atomic E-state index is 12.0. The van der Waals surface area contributed by atoms with Crippen molar-refractivity contribution >= 4 is 11.0 Å². The van der Waals surface area contributed by atoms with Gasteiger partial charge in [0.2, 0.25) is 0 Å². The zero-order valence-electron chi connectivity index (χ0n) is 39.5. The normalized spacial score (nSPS) is 11.8. The second-order valence-electron chi connectivity index (χ2n) is 20.0. The Balaban J connectivity index is 0.00000592. The molecule has 4 nitrogen and oxygen atoms in total. The van der Waals surface area contributed by atoms with Crippen LogP contribution in [0.15, 0.2) is 164 Å². The van der Waals surface area contributed by atoms with Crippen LogP contribution in [0.1, 0.15) is 77.6 Å². The number of nitrogens with zero attached hydrogens (tertiary/aromatic N) is 3. The van der Waals surface area contributed by atoms with Crippen LogP contribution in [0, 0.1) is 18.9 Å². The van der Waals surface area contributed by atoms with Crippen molar-refractivity contribution in [3.05, 3.63) is 192 Å². The van der Waals surface area contributed by atoms with Gasteiger partial charge >= 0.3 is 0 Å². The van der Waals surface area contributed by atoms with Crippen molar-refractivity contribution in [2.45, 2.75) is 79.6 Å². The van der Waals surface area contributed by atoms with Gasteiger partial charge in [-0.05, 0) is 105 Å². The van der Waals surface area contributed by atoms with Gasteiger partial charge in [-0.15, -0.1) is 29.3 Å². The molecule has 0 fully saturated rings. The van der Waals surface area contributed by atoms with Crippen LogP contribution in [0.2, 0.25) is 0 Å². The predicted molar refractivity (Wildman–Crippen MR) is 273 cm³/mol. The van der Waals surface area contributed by atoms with Gasteiger partial charge in [0.1, 0.15) is 11.6 Å². The summed E-state index contributed by atoms with van der Waals surface area (Å²) in [5.74, 6) is 1.43. The van der Waals surface area contributed by atoms with Crippen LogP contribution in [0.5, 0.6) is 5.75 Å². The first-order valence-corrected chi connectivity index (χ1v) is 22.9. The SMILES string of the molecule is Cc1cc(C(C)(C)C)cc(-c2nc3c(-c4[c-]c(-c5cc(-c6ccc(-c7ccccc7)cc6)ccn5)cc(C(C)(C)C)c4)cccc3n2-c2ccc(CC(C)C)cc2-c2ccccc2)c1O.[Pt]. The van der Waals surface area contributed by atoms with Gasteiger partial charge in [0.05, 0.1) is 22.3 Å². The number of phenols is 1. The number of pyridine rings is 1. The molecule has 0 saturated heterocycles. The number of benzene rings is 7. The van der Waals surface area contributed by atoms with Crippen molar-refractivity contribution in [1.82, 2.24) is 14.5 Å². The van der Waals surface area contributed by atoms with Crippen molar-refractivity contribution < 1.29 is 26.2 Å². The third-order valence-electron chi connectivity index (χ3n) is 12.5.